The maximum Gasteiger partial charge on any atom is 0.0337 e. The molecule has 0 atom stereocenters. The number of rotatable bonds is 8. The zero-order valence-corrected chi connectivity index (χ0v) is 11.8. The topological polar surface area (TPSA) is 55.3 Å². The first-order chi connectivity index (χ1) is 8.65. The lowest BCUT2D eigenvalue weighted by Crippen LogP contribution is -2.25. The molecule has 0 unspecified atom stereocenters. The van der Waals surface area contributed by atoms with Crippen molar-refractivity contribution in [3.05, 3.63) is 23.8 Å². The fraction of sp³-hybridized carbons (Fsp3) is 0.600. The van der Waals surface area contributed by atoms with Gasteiger partial charge in [-0.3, -0.25) is 4.90 Å². The van der Waals surface area contributed by atoms with Crippen molar-refractivity contribution in [3.8, 4) is 0 Å². The van der Waals surface area contributed by atoms with Gasteiger partial charge >= 0.3 is 0 Å². The van der Waals surface area contributed by atoms with Crippen LogP contribution in [0, 0.1) is 0 Å². The first kappa shape index (κ1) is 14.8. The number of unbranched alkanes of at least 4 members (excludes halogenated alkanes) is 2. The number of benzene rings is 1. The van der Waals surface area contributed by atoms with Crippen molar-refractivity contribution >= 4 is 11.4 Å². The Hall–Kier alpha value is -1.22. The molecule has 1 aromatic carbocycles. The molecule has 0 saturated heterocycles. The molecule has 1 aromatic rings. The van der Waals surface area contributed by atoms with Crippen molar-refractivity contribution in [1.29, 1.82) is 0 Å². The Labute approximate surface area is 111 Å². The van der Waals surface area contributed by atoms with Crippen LogP contribution in [0.3, 0.4) is 0 Å². The third-order valence-corrected chi connectivity index (χ3v) is 3.10. The molecule has 3 nitrogen and oxygen atoms in total. The Kier molecular flexibility index (Phi) is 6.58. The standard InChI is InChI=1S/C15H27N3/c1-3-5-7-18(8-6-4-2)12-13-9-14(16)11-15(17)10-13/h9-11H,3-8,12,16-17H2,1-2H3. The number of anilines is 2. The molecule has 0 aliphatic heterocycles. The molecular weight excluding hydrogens is 222 g/mol. The minimum absolute atomic E-state index is 0.760. The van der Waals surface area contributed by atoms with Crippen LogP contribution in [0.25, 0.3) is 0 Å². The van der Waals surface area contributed by atoms with Gasteiger partial charge in [0.2, 0.25) is 0 Å². The lowest BCUT2D eigenvalue weighted by atomic mass is 10.1. The summed E-state index contributed by atoms with van der Waals surface area (Å²) >= 11 is 0. The molecule has 0 aliphatic carbocycles. The highest BCUT2D eigenvalue weighted by Crippen LogP contribution is 2.16. The predicted molar refractivity (Wildman–Crippen MR) is 80.4 cm³/mol. The van der Waals surface area contributed by atoms with Crippen LogP contribution in [0.5, 0.6) is 0 Å². The van der Waals surface area contributed by atoms with E-state index in [9.17, 15) is 0 Å². The first-order valence-electron chi connectivity index (χ1n) is 7.03. The van der Waals surface area contributed by atoms with Gasteiger partial charge in [0.15, 0.2) is 0 Å². The Bertz CT molecular complexity index is 321. The van der Waals surface area contributed by atoms with E-state index in [-0.39, 0.29) is 0 Å². The summed E-state index contributed by atoms with van der Waals surface area (Å²) in [7, 11) is 0. The first-order valence-corrected chi connectivity index (χ1v) is 7.03. The number of nitrogen functional groups attached to an aromatic ring is 2. The quantitative estimate of drug-likeness (QED) is 0.695. The van der Waals surface area contributed by atoms with Crippen LogP contribution in [-0.4, -0.2) is 18.0 Å². The molecule has 0 aromatic heterocycles. The maximum atomic E-state index is 5.84. The van der Waals surface area contributed by atoms with Gasteiger partial charge in [0.25, 0.3) is 0 Å². The average molecular weight is 249 g/mol. The van der Waals surface area contributed by atoms with E-state index in [0.29, 0.717) is 0 Å². The zero-order chi connectivity index (χ0) is 13.4. The fourth-order valence-electron chi connectivity index (χ4n) is 2.13. The van der Waals surface area contributed by atoms with Gasteiger partial charge in [0, 0.05) is 17.9 Å². The third-order valence-electron chi connectivity index (χ3n) is 3.10. The fourth-order valence-corrected chi connectivity index (χ4v) is 2.13. The smallest absolute Gasteiger partial charge is 0.0337 e. The van der Waals surface area contributed by atoms with E-state index in [4.69, 9.17) is 11.5 Å². The minimum atomic E-state index is 0.760. The molecule has 0 bridgehead atoms. The molecule has 0 saturated carbocycles. The summed E-state index contributed by atoms with van der Waals surface area (Å²) in [5, 5.41) is 0. The van der Waals surface area contributed by atoms with Crippen LogP contribution >= 0.6 is 0 Å². The monoisotopic (exact) mass is 249 g/mol. The summed E-state index contributed by atoms with van der Waals surface area (Å²) in [5.41, 5.74) is 14.4. The molecule has 3 heteroatoms. The van der Waals surface area contributed by atoms with Crippen LogP contribution < -0.4 is 11.5 Å². The molecule has 102 valence electrons. The molecule has 0 radical (unpaired) electrons. The second-order valence-corrected chi connectivity index (χ2v) is 4.99. The summed E-state index contributed by atoms with van der Waals surface area (Å²) < 4.78 is 0. The molecule has 0 spiro atoms. The molecule has 0 heterocycles. The van der Waals surface area contributed by atoms with Gasteiger partial charge in [-0.05, 0) is 49.7 Å². The molecule has 4 N–H and O–H groups in total. The summed E-state index contributed by atoms with van der Waals surface area (Å²) in [5.74, 6) is 0. The van der Waals surface area contributed by atoms with E-state index in [0.717, 1.165) is 31.0 Å². The van der Waals surface area contributed by atoms with Crippen LogP contribution in [0.4, 0.5) is 11.4 Å². The number of nitrogens with zero attached hydrogens (tertiary/aromatic N) is 1. The van der Waals surface area contributed by atoms with Gasteiger partial charge < -0.3 is 11.5 Å². The van der Waals surface area contributed by atoms with Gasteiger partial charge in [0.1, 0.15) is 0 Å². The van der Waals surface area contributed by atoms with Gasteiger partial charge in [0.05, 0.1) is 0 Å². The van der Waals surface area contributed by atoms with Gasteiger partial charge in [-0.15, -0.1) is 0 Å². The van der Waals surface area contributed by atoms with E-state index in [1.165, 1.54) is 31.2 Å². The van der Waals surface area contributed by atoms with Crippen molar-refractivity contribution in [2.75, 3.05) is 24.6 Å². The van der Waals surface area contributed by atoms with Crippen molar-refractivity contribution in [3.63, 3.8) is 0 Å². The summed E-state index contributed by atoms with van der Waals surface area (Å²) in [6, 6.07) is 5.87. The summed E-state index contributed by atoms with van der Waals surface area (Å²) in [6.07, 6.45) is 4.98. The predicted octanol–water partition coefficient (Wildman–Crippen LogP) is 3.25. The summed E-state index contributed by atoms with van der Waals surface area (Å²) in [4.78, 5) is 2.50. The number of nitrogens with two attached hydrogens (primary N) is 2. The van der Waals surface area contributed by atoms with Gasteiger partial charge in [-0.25, -0.2) is 0 Å². The number of hydrogen-bond donors (Lipinski definition) is 2. The van der Waals surface area contributed by atoms with Crippen LogP contribution in [-0.2, 0) is 6.54 Å². The second kappa shape index (κ2) is 7.98. The highest BCUT2D eigenvalue weighted by Gasteiger charge is 2.06. The Balaban J connectivity index is 2.62. The molecule has 1 rings (SSSR count). The molecule has 0 fully saturated rings. The highest BCUT2D eigenvalue weighted by atomic mass is 15.1. The lowest BCUT2D eigenvalue weighted by Gasteiger charge is -2.22. The molecule has 18 heavy (non-hydrogen) atoms. The third kappa shape index (κ3) is 5.41. The van der Waals surface area contributed by atoms with Crippen molar-refractivity contribution < 1.29 is 0 Å². The van der Waals surface area contributed by atoms with E-state index in [1.807, 2.05) is 18.2 Å². The maximum absolute atomic E-state index is 5.84. The van der Waals surface area contributed by atoms with Crippen LogP contribution in [0.15, 0.2) is 18.2 Å². The Morgan fingerprint density at radius 1 is 0.889 bits per heavy atom. The van der Waals surface area contributed by atoms with Crippen molar-refractivity contribution in [1.82, 2.24) is 4.90 Å². The van der Waals surface area contributed by atoms with Crippen LogP contribution in [0.2, 0.25) is 0 Å². The molecule has 0 aliphatic rings. The van der Waals surface area contributed by atoms with Gasteiger partial charge in [-0.2, -0.15) is 0 Å². The second-order valence-electron chi connectivity index (χ2n) is 4.99. The van der Waals surface area contributed by atoms with E-state index < -0.39 is 0 Å². The largest absolute Gasteiger partial charge is 0.399 e. The van der Waals surface area contributed by atoms with E-state index >= 15 is 0 Å². The SMILES string of the molecule is CCCCN(CCCC)Cc1cc(N)cc(N)c1. The summed E-state index contributed by atoms with van der Waals surface area (Å²) in [6.45, 7) is 7.73. The van der Waals surface area contributed by atoms with E-state index in [2.05, 4.69) is 18.7 Å². The van der Waals surface area contributed by atoms with Crippen molar-refractivity contribution in [2.24, 2.45) is 0 Å². The Morgan fingerprint density at radius 2 is 1.39 bits per heavy atom. The normalized spacial score (nSPS) is 11.1. The zero-order valence-electron chi connectivity index (χ0n) is 11.8. The highest BCUT2D eigenvalue weighted by molar-refractivity contribution is 5.54. The van der Waals surface area contributed by atoms with Crippen LogP contribution in [0.1, 0.15) is 45.1 Å². The van der Waals surface area contributed by atoms with E-state index in [1.54, 1.807) is 0 Å². The minimum Gasteiger partial charge on any atom is -0.399 e. The molecule has 0 amide bonds. The van der Waals surface area contributed by atoms with Gasteiger partial charge in [-0.1, -0.05) is 26.7 Å². The Morgan fingerprint density at radius 3 is 1.83 bits per heavy atom. The molecular formula is C15H27N3. The lowest BCUT2D eigenvalue weighted by molar-refractivity contribution is 0.257. The average Bonchev–Trinajstić information content (AvgIpc) is 2.31. The van der Waals surface area contributed by atoms with Crippen molar-refractivity contribution in [2.45, 2.75) is 46.1 Å². The number of hydrogen-bond acceptors (Lipinski definition) is 3.